The first-order valence-corrected chi connectivity index (χ1v) is 6.72. The fraction of sp³-hybridized carbons (Fsp3) is 0.357. The molecule has 0 spiro atoms. The summed E-state index contributed by atoms with van der Waals surface area (Å²) in [7, 11) is 0. The second kappa shape index (κ2) is 6.69. The molecule has 0 aliphatic carbocycles. The molecule has 21 heavy (non-hydrogen) atoms. The van der Waals surface area contributed by atoms with Crippen molar-refractivity contribution in [3.63, 3.8) is 0 Å². The second-order valence-corrected chi connectivity index (χ2v) is 5.02. The van der Waals surface area contributed by atoms with Gasteiger partial charge >= 0.3 is 0 Å². The highest BCUT2D eigenvalue weighted by molar-refractivity contribution is 5.95. The molecule has 1 aliphatic rings. The van der Waals surface area contributed by atoms with Crippen LogP contribution in [0.3, 0.4) is 0 Å². The van der Waals surface area contributed by atoms with E-state index in [1.165, 1.54) is 6.33 Å². The Balaban J connectivity index is 0.00000161. The highest BCUT2D eigenvalue weighted by Gasteiger charge is 2.21. The van der Waals surface area contributed by atoms with Gasteiger partial charge in [-0.1, -0.05) is 12.1 Å². The normalized spacial score (nSPS) is 18.1. The van der Waals surface area contributed by atoms with Crippen LogP contribution in [0.2, 0.25) is 0 Å². The standard InChI is InChI=1S/C14H17N5O.ClH/c1-10-8-19(6-5-15-10)14(20)12-4-2-3-11(7-12)13-16-9-17-18-13;/h2-4,7,9-10,15H,5-6,8H2,1H3,(H,16,17,18);1H/t10-;/m1./s1. The summed E-state index contributed by atoms with van der Waals surface area (Å²) in [6.45, 7) is 4.42. The first kappa shape index (κ1) is 15.5. The molecule has 2 N–H and O–H groups in total. The molecule has 2 heterocycles. The molecule has 1 amide bonds. The van der Waals surface area contributed by atoms with Crippen molar-refractivity contribution in [2.75, 3.05) is 19.6 Å². The van der Waals surface area contributed by atoms with Gasteiger partial charge in [-0.05, 0) is 19.1 Å². The highest BCUT2D eigenvalue weighted by atomic mass is 35.5. The smallest absolute Gasteiger partial charge is 0.253 e. The number of rotatable bonds is 2. The van der Waals surface area contributed by atoms with Gasteiger partial charge in [-0.15, -0.1) is 12.4 Å². The average molecular weight is 308 g/mol. The molecule has 1 aromatic heterocycles. The van der Waals surface area contributed by atoms with Gasteiger partial charge in [0.25, 0.3) is 5.91 Å². The molecule has 2 aromatic rings. The third-order valence-electron chi connectivity index (χ3n) is 3.45. The Morgan fingerprint density at radius 2 is 2.29 bits per heavy atom. The topological polar surface area (TPSA) is 73.9 Å². The number of H-pyrrole nitrogens is 1. The van der Waals surface area contributed by atoms with E-state index < -0.39 is 0 Å². The largest absolute Gasteiger partial charge is 0.336 e. The van der Waals surface area contributed by atoms with Gasteiger partial charge in [0.05, 0.1) is 0 Å². The predicted octanol–water partition coefficient (Wildman–Crippen LogP) is 1.33. The first-order valence-electron chi connectivity index (χ1n) is 6.72. The zero-order chi connectivity index (χ0) is 13.9. The maximum atomic E-state index is 12.5. The number of halogens is 1. The Morgan fingerprint density at radius 3 is 3.00 bits per heavy atom. The number of nitrogens with one attached hydrogen (secondary N) is 2. The van der Waals surface area contributed by atoms with E-state index in [2.05, 4.69) is 27.4 Å². The van der Waals surface area contributed by atoms with Gasteiger partial charge in [-0.25, -0.2) is 4.98 Å². The summed E-state index contributed by atoms with van der Waals surface area (Å²) in [6.07, 6.45) is 1.46. The lowest BCUT2D eigenvalue weighted by Crippen LogP contribution is -2.51. The van der Waals surface area contributed by atoms with Gasteiger partial charge in [-0.3, -0.25) is 9.89 Å². The van der Waals surface area contributed by atoms with Crippen LogP contribution >= 0.6 is 12.4 Å². The molecule has 1 saturated heterocycles. The van der Waals surface area contributed by atoms with Crippen molar-refractivity contribution in [3.8, 4) is 11.4 Å². The van der Waals surface area contributed by atoms with Crippen molar-refractivity contribution in [3.05, 3.63) is 36.2 Å². The summed E-state index contributed by atoms with van der Waals surface area (Å²) in [5.41, 5.74) is 1.56. The van der Waals surface area contributed by atoms with Crippen LogP contribution in [0.4, 0.5) is 0 Å². The van der Waals surface area contributed by atoms with E-state index in [-0.39, 0.29) is 18.3 Å². The van der Waals surface area contributed by atoms with Crippen molar-refractivity contribution in [2.24, 2.45) is 0 Å². The van der Waals surface area contributed by atoms with E-state index in [1.807, 2.05) is 29.2 Å². The first-order chi connectivity index (χ1) is 9.74. The average Bonchev–Trinajstić information content (AvgIpc) is 3.01. The summed E-state index contributed by atoms with van der Waals surface area (Å²) in [5.74, 6) is 0.744. The molecule has 1 fully saturated rings. The fourth-order valence-electron chi connectivity index (χ4n) is 2.44. The Hall–Kier alpha value is -1.92. The summed E-state index contributed by atoms with van der Waals surface area (Å²) in [4.78, 5) is 18.5. The molecule has 0 bridgehead atoms. The molecule has 112 valence electrons. The van der Waals surface area contributed by atoms with Crippen LogP contribution in [0, 0.1) is 0 Å². The Kier molecular flexibility index (Phi) is 4.93. The molecule has 1 atom stereocenters. The van der Waals surface area contributed by atoms with Gasteiger partial charge in [0.1, 0.15) is 6.33 Å². The third kappa shape index (κ3) is 3.40. The minimum atomic E-state index is 0. The molecule has 0 radical (unpaired) electrons. The quantitative estimate of drug-likeness (QED) is 0.878. The minimum Gasteiger partial charge on any atom is -0.336 e. The van der Waals surface area contributed by atoms with Gasteiger partial charge in [0.2, 0.25) is 0 Å². The number of piperazine rings is 1. The summed E-state index contributed by atoms with van der Waals surface area (Å²) < 4.78 is 0. The van der Waals surface area contributed by atoms with E-state index in [4.69, 9.17) is 0 Å². The number of carbonyl (C=O) groups is 1. The van der Waals surface area contributed by atoms with Crippen molar-refractivity contribution in [2.45, 2.75) is 13.0 Å². The molecule has 7 heteroatoms. The number of amides is 1. The lowest BCUT2D eigenvalue weighted by atomic mass is 10.1. The monoisotopic (exact) mass is 307 g/mol. The molecular weight excluding hydrogens is 290 g/mol. The third-order valence-corrected chi connectivity index (χ3v) is 3.45. The number of nitrogens with zero attached hydrogens (tertiary/aromatic N) is 3. The van der Waals surface area contributed by atoms with Gasteiger partial charge in [-0.2, -0.15) is 5.10 Å². The maximum Gasteiger partial charge on any atom is 0.253 e. The van der Waals surface area contributed by atoms with E-state index in [0.29, 0.717) is 17.4 Å². The Labute approximate surface area is 129 Å². The maximum absolute atomic E-state index is 12.5. The van der Waals surface area contributed by atoms with Crippen molar-refractivity contribution in [1.82, 2.24) is 25.4 Å². The zero-order valence-electron chi connectivity index (χ0n) is 11.7. The van der Waals surface area contributed by atoms with Gasteiger partial charge in [0.15, 0.2) is 5.82 Å². The predicted molar refractivity (Wildman–Crippen MR) is 82.4 cm³/mol. The highest BCUT2D eigenvalue weighted by Crippen LogP contribution is 2.17. The lowest BCUT2D eigenvalue weighted by molar-refractivity contribution is 0.0709. The van der Waals surface area contributed by atoms with Crippen molar-refractivity contribution < 1.29 is 4.79 Å². The van der Waals surface area contributed by atoms with Crippen molar-refractivity contribution >= 4 is 18.3 Å². The lowest BCUT2D eigenvalue weighted by Gasteiger charge is -2.32. The minimum absolute atomic E-state index is 0. The number of aromatic nitrogens is 3. The number of hydrogen-bond donors (Lipinski definition) is 2. The van der Waals surface area contributed by atoms with E-state index >= 15 is 0 Å². The number of aromatic amines is 1. The van der Waals surface area contributed by atoms with Crippen LogP contribution < -0.4 is 5.32 Å². The molecular formula is C14H18ClN5O. The summed E-state index contributed by atoms with van der Waals surface area (Å²) in [6, 6.07) is 7.82. The second-order valence-electron chi connectivity index (χ2n) is 5.02. The van der Waals surface area contributed by atoms with Crippen LogP contribution in [0.1, 0.15) is 17.3 Å². The van der Waals surface area contributed by atoms with Crippen LogP contribution in [0.25, 0.3) is 11.4 Å². The molecule has 1 aromatic carbocycles. The van der Waals surface area contributed by atoms with Crippen LogP contribution in [0.15, 0.2) is 30.6 Å². The molecule has 0 saturated carbocycles. The van der Waals surface area contributed by atoms with E-state index in [1.54, 1.807) is 0 Å². The summed E-state index contributed by atoms with van der Waals surface area (Å²) in [5, 5.41) is 9.98. The molecule has 3 rings (SSSR count). The SMILES string of the molecule is C[C@@H]1CN(C(=O)c2cccc(-c3ncn[nH]3)c2)CCN1.Cl. The summed E-state index contributed by atoms with van der Waals surface area (Å²) >= 11 is 0. The zero-order valence-corrected chi connectivity index (χ0v) is 12.6. The molecule has 6 nitrogen and oxygen atoms in total. The molecule has 1 aliphatic heterocycles. The van der Waals surface area contributed by atoms with Crippen LogP contribution in [0.5, 0.6) is 0 Å². The van der Waals surface area contributed by atoms with E-state index in [9.17, 15) is 4.79 Å². The number of carbonyl (C=O) groups excluding carboxylic acids is 1. The number of hydrogen-bond acceptors (Lipinski definition) is 4. The fourth-order valence-corrected chi connectivity index (χ4v) is 2.44. The van der Waals surface area contributed by atoms with Crippen LogP contribution in [-0.2, 0) is 0 Å². The van der Waals surface area contributed by atoms with Gasteiger partial charge < -0.3 is 10.2 Å². The Bertz CT molecular complexity index is 601. The van der Waals surface area contributed by atoms with Crippen molar-refractivity contribution in [1.29, 1.82) is 0 Å². The van der Waals surface area contributed by atoms with Gasteiger partial charge in [0, 0.05) is 36.8 Å². The van der Waals surface area contributed by atoms with Crippen LogP contribution in [-0.4, -0.2) is 51.7 Å². The Morgan fingerprint density at radius 1 is 1.43 bits per heavy atom. The van der Waals surface area contributed by atoms with E-state index in [0.717, 1.165) is 25.2 Å². The molecule has 0 unspecified atom stereocenters. The number of benzene rings is 1.